The minimum absolute atomic E-state index is 0.289. The third kappa shape index (κ3) is 3.85. The molecule has 5 heteroatoms. The number of hydrogen-bond acceptors (Lipinski definition) is 3. The Morgan fingerprint density at radius 3 is 2.71 bits per heavy atom. The second-order valence-electron chi connectivity index (χ2n) is 3.83. The van der Waals surface area contributed by atoms with E-state index in [4.69, 9.17) is 0 Å². The normalized spacial score (nSPS) is 10.8. The monoisotopic (exact) mass is 318 g/mol. The molecule has 17 heavy (non-hydrogen) atoms. The summed E-state index contributed by atoms with van der Waals surface area (Å²) in [6, 6.07) is 0. The summed E-state index contributed by atoms with van der Waals surface area (Å²) in [5.74, 6) is 1.19. The Hall–Kier alpha value is -0.290. The molecule has 1 heterocycles. The molecule has 0 aliphatic rings. The molecule has 3 nitrogen and oxygen atoms in total. The number of thioether (sulfide) groups is 1. The van der Waals surface area contributed by atoms with Crippen LogP contribution < -0.4 is 0 Å². The van der Waals surface area contributed by atoms with Crippen LogP contribution in [0.25, 0.3) is 0 Å². The second-order valence-corrected chi connectivity index (χ2v) is 5.61. The van der Waals surface area contributed by atoms with Gasteiger partial charge in [-0.2, -0.15) is 16.9 Å². The summed E-state index contributed by atoms with van der Waals surface area (Å²) in [5, 5.41) is 4.49. The quantitative estimate of drug-likeness (QED) is 0.775. The van der Waals surface area contributed by atoms with Gasteiger partial charge in [0, 0.05) is 19.4 Å². The number of rotatable bonds is 7. The molecule has 0 aliphatic heterocycles. The van der Waals surface area contributed by atoms with E-state index in [-0.39, 0.29) is 5.78 Å². The molecule has 0 radical (unpaired) electrons. The van der Waals surface area contributed by atoms with Crippen molar-refractivity contribution >= 4 is 33.5 Å². The van der Waals surface area contributed by atoms with Crippen molar-refractivity contribution in [3.8, 4) is 0 Å². The zero-order chi connectivity index (χ0) is 12.8. The molecule has 0 saturated heterocycles. The number of ketones is 1. The minimum atomic E-state index is 0.289. The van der Waals surface area contributed by atoms with Gasteiger partial charge in [0.25, 0.3) is 0 Å². The van der Waals surface area contributed by atoms with E-state index in [1.54, 1.807) is 11.8 Å². The first-order chi connectivity index (χ1) is 8.13. The topological polar surface area (TPSA) is 34.9 Å². The van der Waals surface area contributed by atoms with Crippen LogP contribution in [0.1, 0.15) is 31.7 Å². The molecule has 0 unspecified atom stereocenters. The zero-order valence-corrected chi connectivity index (χ0v) is 13.0. The summed E-state index contributed by atoms with van der Waals surface area (Å²) < 4.78 is 2.94. The van der Waals surface area contributed by atoms with Crippen molar-refractivity contribution < 1.29 is 4.79 Å². The fourth-order valence-corrected chi connectivity index (χ4v) is 2.81. The Balaban J connectivity index is 2.81. The number of aromatic nitrogens is 2. The van der Waals surface area contributed by atoms with Gasteiger partial charge in [-0.25, -0.2) is 0 Å². The van der Waals surface area contributed by atoms with Gasteiger partial charge in [0.2, 0.25) is 0 Å². The molecule has 1 aromatic rings. The Kier molecular flexibility index (Phi) is 6.27. The summed E-state index contributed by atoms with van der Waals surface area (Å²) in [6.07, 6.45) is 4.04. The van der Waals surface area contributed by atoms with Gasteiger partial charge < -0.3 is 0 Å². The molecule has 0 bridgehead atoms. The van der Waals surface area contributed by atoms with E-state index in [1.807, 2.05) is 10.9 Å². The van der Waals surface area contributed by atoms with Gasteiger partial charge in [0.1, 0.15) is 5.78 Å². The Labute approximate surface area is 115 Å². The highest BCUT2D eigenvalue weighted by molar-refractivity contribution is 9.10. The van der Waals surface area contributed by atoms with Crippen molar-refractivity contribution in [2.45, 2.75) is 39.7 Å². The van der Waals surface area contributed by atoms with Crippen molar-refractivity contribution in [1.82, 2.24) is 9.78 Å². The number of halogens is 1. The molecule has 0 aromatic carbocycles. The standard InChI is InChI=1S/C12H19BrN2OS/c1-4-10-12(13)11(15(5-2)14-10)8-9(16)6-7-17-3/h4-8H2,1-3H3. The predicted molar refractivity (Wildman–Crippen MR) is 76.7 cm³/mol. The maximum absolute atomic E-state index is 11.8. The number of aryl methyl sites for hydroxylation is 2. The average molecular weight is 319 g/mol. The summed E-state index contributed by atoms with van der Waals surface area (Å²) in [7, 11) is 0. The lowest BCUT2D eigenvalue weighted by Crippen LogP contribution is -2.10. The fourth-order valence-electron chi connectivity index (χ4n) is 1.68. The van der Waals surface area contributed by atoms with Gasteiger partial charge in [-0.3, -0.25) is 9.48 Å². The second kappa shape index (κ2) is 7.21. The smallest absolute Gasteiger partial charge is 0.139 e. The van der Waals surface area contributed by atoms with Crippen LogP contribution in [0.5, 0.6) is 0 Å². The molecule has 0 aliphatic carbocycles. The molecule has 0 spiro atoms. The third-order valence-corrected chi connectivity index (χ3v) is 4.17. The largest absolute Gasteiger partial charge is 0.299 e. The van der Waals surface area contributed by atoms with E-state index in [9.17, 15) is 4.79 Å². The van der Waals surface area contributed by atoms with E-state index in [1.165, 1.54) is 0 Å². The summed E-state index contributed by atoms with van der Waals surface area (Å²) in [5.41, 5.74) is 2.06. The van der Waals surface area contributed by atoms with E-state index in [2.05, 4.69) is 34.9 Å². The fraction of sp³-hybridized carbons (Fsp3) is 0.667. The van der Waals surface area contributed by atoms with Gasteiger partial charge >= 0.3 is 0 Å². The number of carbonyl (C=O) groups excluding carboxylic acids is 1. The number of carbonyl (C=O) groups is 1. The molecule has 0 saturated carbocycles. The highest BCUT2D eigenvalue weighted by Crippen LogP contribution is 2.23. The molecule has 0 amide bonds. The van der Waals surface area contributed by atoms with Crippen LogP contribution in [0.3, 0.4) is 0 Å². The molecule has 1 aromatic heterocycles. The molecular formula is C12H19BrN2OS. The first-order valence-electron chi connectivity index (χ1n) is 5.88. The van der Waals surface area contributed by atoms with E-state index in [0.29, 0.717) is 12.8 Å². The van der Waals surface area contributed by atoms with E-state index < -0.39 is 0 Å². The van der Waals surface area contributed by atoms with Crippen molar-refractivity contribution in [3.63, 3.8) is 0 Å². The van der Waals surface area contributed by atoms with E-state index in [0.717, 1.165) is 34.6 Å². The average Bonchev–Trinajstić information content (AvgIpc) is 2.63. The van der Waals surface area contributed by atoms with Crippen LogP contribution in [0.4, 0.5) is 0 Å². The summed E-state index contributed by atoms with van der Waals surface area (Å²) in [6.45, 7) is 4.94. The van der Waals surface area contributed by atoms with Crippen molar-refractivity contribution in [2.24, 2.45) is 0 Å². The maximum Gasteiger partial charge on any atom is 0.139 e. The van der Waals surface area contributed by atoms with Crippen molar-refractivity contribution in [3.05, 3.63) is 15.9 Å². The van der Waals surface area contributed by atoms with E-state index >= 15 is 0 Å². The lowest BCUT2D eigenvalue weighted by Gasteiger charge is -2.04. The van der Waals surface area contributed by atoms with Crippen LogP contribution >= 0.6 is 27.7 Å². The minimum Gasteiger partial charge on any atom is -0.299 e. The van der Waals surface area contributed by atoms with Crippen LogP contribution in [-0.2, 0) is 24.2 Å². The predicted octanol–water partition coefficient (Wildman–Crippen LogP) is 3.09. The summed E-state index contributed by atoms with van der Waals surface area (Å²) >= 11 is 5.27. The van der Waals surface area contributed by atoms with Crippen LogP contribution in [0.15, 0.2) is 4.47 Å². The highest BCUT2D eigenvalue weighted by Gasteiger charge is 2.16. The first kappa shape index (κ1) is 14.8. The maximum atomic E-state index is 11.8. The van der Waals surface area contributed by atoms with Crippen LogP contribution in [0, 0.1) is 0 Å². The molecular weight excluding hydrogens is 300 g/mol. The molecule has 96 valence electrons. The SMILES string of the molecule is CCc1nn(CC)c(CC(=O)CCSC)c1Br. The van der Waals surface area contributed by atoms with Gasteiger partial charge in [-0.05, 0) is 41.3 Å². The Morgan fingerprint density at radius 1 is 1.47 bits per heavy atom. The van der Waals surface area contributed by atoms with Crippen LogP contribution in [0.2, 0.25) is 0 Å². The Morgan fingerprint density at radius 2 is 2.18 bits per heavy atom. The van der Waals surface area contributed by atoms with Crippen LogP contribution in [-0.4, -0.2) is 27.6 Å². The van der Waals surface area contributed by atoms with Crippen molar-refractivity contribution in [2.75, 3.05) is 12.0 Å². The lowest BCUT2D eigenvalue weighted by atomic mass is 10.1. The van der Waals surface area contributed by atoms with Gasteiger partial charge in [0.05, 0.1) is 15.9 Å². The summed E-state index contributed by atoms with van der Waals surface area (Å²) in [4.78, 5) is 11.8. The zero-order valence-electron chi connectivity index (χ0n) is 10.6. The number of Topliss-reactive ketones (excluding diaryl/α,β-unsaturated/α-hetero) is 1. The molecule has 0 atom stereocenters. The first-order valence-corrected chi connectivity index (χ1v) is 8.07. The molecule has 1 rings (SSSR count). The lowest BCUT2D eigenvalue weighted by molar-refractivity contribution is -0.118. The Bertz CT molecular complexity index is 390. The van der Waals surface area contributed by atoms with Crippen molar-refractivity contribution in [1.29, 1.82) is 0 Å². The highest BCUT2D eigenvalue weighted by atomic mass is 79.9. The van der Waals surface area contributed by atoms with Gasteiger partial charge in [-0.1, -0.05) is 6.92 Å². The third-order valence-electron chi connectivity index (χ3n) is 2.64. The molecule has 0 fully saturated rings. The molecule has 0 N–H and O–H groups in total. The number of hydrogen-bond donors (Lipinski definition) is 0. The van der Waals surface area contributed by atoms with Gasteiger partial charge in [0.15, 0.2) is 0 Å². The number of nitrogens with zero attached hydrogens (tertiary/aromatic N) is 2. The van der Waals surface area contributed by atoms with Gasteiger partial charge in [-0.15, -0.1) is 0 Å².